The third-order valence-electron chi connectivity index (χ3n) is 2.99. The standard InChI is InChI=1S/C18H20N2O4/c1-3-11-19-18(22)20-14-5-4-6-16(12-14)24-17(21)10-9-15-8-7-13(2)23-15/h4-10,12H,3,11H2,1-2H3,(H2,19,20,22). The predicted octanol–water partition coefficient (Wildman–Crippen LogP) is 3.74. The molecule has 1 aromatic carbocycles. The van der Waals surface area contributed by atoms with Crippen molar-refractivity contribution >= 4 is 23.8 Å². The van der Waals surface area contributed by atoms with E-state index in [1.807, 2.05) is 19.9 Å². The Labute approximate surface area is 140 Å². The van der Waals surface area contributed by atoms with Gasteiger partial charge in [0.2, 0.25) is 0 Å². The molecular formula is C18H20N2O4. The molecule has 0 aliphatic carbocycles. The molecule has 0 saturated carbocycles. The number of furan rings is 1. The van der Waals surface area contributed by atoms with Crippen LogP contribution in [-0.2, 0) is 4.79 Å². The minimum Gasteiger partial charge on any atom is -0.462 e. The van der Waals surface area contributed by atoms with E-state index in [-0.39, 0.29) is 6.03 Å². The molecule has 2 amide bonds. The first-order valence-electron chi connectivity index (χ1n) is 7.68. The summed E-state index contributed by atoms with van der Waals surface area (Å²) < 4.78 is 10.5. The maximum atomic E-state index is 11.8. The van der Waals surface area contributed by atoms with Gasteiger partial charge in [-0.15, -0.1) is 0 Å². The van der Waals surface area contributed by atoms with Gasteiger partial charge >= 0.3 is 12.0 Å². The molecule has 0 atom stereocenters. The summed E-state index contributed by atoms with van der Waals surface area (Å²) in [6.07, 6.45) is 3.68. The van der Waals surface area contributed by atoms with Crippen molar-refractivity contribution in [2.45, 2.75) is 20.3 Å². The van der Waals surface area contributed by atoms with Gasteiger partial charge in [0.1, 0.15) is 17.3 Å². The smallest absolute Gasteiger partial charge is 0.336 e. The van der Waals surface area contributed by atoms with E-state index in [1.165, 1.54) is 12.2 Å². The molecule has 1 heterocycles. The number of hydrogen-bond donors (Lipinski definition) is 2. The van der Waals surface area contributed by atoms with E-state index in [0.29, 0.717) is 23.7 Å². The number of nitrogens with one attached hydrogen (secondary N) is 2. The van der Waals surface area contributed by atoms with Crippen LogP contribution in [0.3, 0.4) is 0 Å². The molecule has 0 bridgehead atoms. The zero-order chi connectivity index (χ0) is 17.4. The van der Waals surface area contributed by atoms with E-state index in [1.54, 1.807) is 30.3 Å². The maximum absolute atomic E-state index is 11.8. The van der Waals surface area contributed by atoms with Crippen molar-refractivity contribution in [3.05, 3.63) is 54.0 Å². The summed E-state index contributed by atoms with van der Waals surface area (Å²) in [6, 6.07) is 9.89. The SMILES string of the molecule is CCCNC(=O)Nc1cccc(OC(=O)C=Cc2ccc(C)o2)c1. The van der Waals surface area contributed by atoms with Gasteiger partial charge < -0.3 is 19.8 Å². The van der Waals surface area contributed by atoms with Crippen LogP contribution >= 0.6 is 0 Å². The summed E-state index contributed by atoms with van der Waals surface area (Å²) in [6.45, 7) is 4.39. The lowest BCUT2D eigenvalue weighted by molar-refractivity contribution is -0.128. The normalized spacial score (nSPS) is 10.6. The minimum absolute atomic E-state index is 0.298. The maximum Gasteiger partial charge on any atom is 0.336 e. The Morgan fingerprint density at radius 1 is 1.25 bits per heavy atom. The first-order chi connectivity index (χ1) is 11.6. The number of carbonyl (C=O) groups is 2. The van der Waals surface area contributed by atoms with Gasteiger partial charge in [0.25, 0.3) is 0 Å². The topological polar surface area (TPSA) is 80.6 Å². The Kier molecular flexibility index (Phi) is 6.19. The molecule has 0 unspecified atom stereocenters. The Bertz CT molecular complexity index is 734. The number of hydrogen-bond acceptors (Lipinski definition) is 4. The highest BCUT2D eigenvalue weighted by molar-refractivity contribution is 5.90. The number of ether oxygens (including phenoxy) is 1. The number of amides is 2. The summed E-state index contributed by atoms with van der Waals surface area (Å²) in [5, 5.41) is 5.38. The quantitative estimate of drug-likeness (QED) is 0.481. The molecular weight excluding hydrogens is 308 g/mol. The second kappa shape index (κ2) is 8.57. The van der Waals surface area contributed by atoms with E-state index < -0.39 is 5.97 Å². The highest BCUT2D eigenvalue weighted by Gasteiger charge is 2.05. The van der Waals surface area contributed by atoms with Crippen LogP contribution in [0.25, 0.3) is 6.08 Å². The van der Waals surface area contributed by atoms with Gasteiger partial charge in [-0.3, -0.25) is 0 Å². The Balaban J connectivity index is 1.92. The summed E-state index contributed by atoms with van der Waals surface area (Å²) >= 11 is 0. The van der Waals surface area contributed by atoms with Crippen molar-refractivity contribution in [2.24, 2.45) is 0 Å². The average molecular weight is 328 g/mol. The molecule has 126 valence electrons. The van der Waals surface area contributed by atoms with Crippen LogP contribution in [0, 0.1) is 6.92 Å². The zero-order valence-corrected chi connectivity index (χ0v) is 13.7. The van der Waals surface area contributed by atoms with Gasteiger partial charge in [-0.25, -0.2) is 9.59 Å². The molecule has 6 nitrogen and oxygen atoms in total. The lowest BCUT2D eigenvalue weighted by Crippen LogP contribution is -2.29. The van der Waals surface area contributed by atoms with Crippen molar-refractivity contribution in [2.75, 3.05) is 11.9 Å². The number of anilines is 1. The van der Waals surface area contributed by atoms with Crippen LogP contribution in [0.15, 0.2) is 46.9 Å². The number of carbonyl (C=O) groups excluding carboxylic acids is 2. The Hall–Kier alpha value is -3.02. The number of benzene rings is 1. The van der Waals surface area contributed by atoms with Crippen LogP contribution in [-0.4, -0.2) is 18.5 Å². The number of urea groups is 1. The van der Waals surface area contributed by atoms with E-state index in [0.717, 1.165) is 12.2 Å². The van der Waals surface area contributed by atoms with E-state index in [2.05, 4.69) is 10.6 Å². The number of esters is 1. The molecule has 0 fully saturated rings. The average Bonchev–Trinajstić information content (AvgIpc) is 2.97. The van der Waals surface area contributed by atoms with Crippen molar-refractivity contribution in [1.29, 1.82) is 0 Å². The largest absolute Gasteiger partial charge is 0.462 e. The fraction of sp³-hybridized carbons (Fsp3) is 0.222. The Morgan fingerprint density at radius 2 is 2.08 bits per heavy atom. The molecule has 0 aliphatic heterocycles. The molecule has 2 N–H and O–H groups in total. The highest BCUT2D eigenvalue weighted by atomic mass is 16.5. The summed E-state index contributed by atoms with van der Waals surface area (Å²) in [5.74, 6) is 1.15. The summed E-state index contributed by atoms with van der Waals surface area (Å²) in [4.78, 5) is 23.4. The van der Waals surface area contributed by atoms with Crippen LogP contribution in [0.1, 0.15) is 24.9 Å². The second-order valence-electron chi connectivity index (χ2n) is 5.11. The molecule has 0 aliphatic rings. The third kappa shape index (κ3) is 5.64. The fourth-order valence-corrected chi connectivity index (χ4v) is 1.89. The predicted molar refractivity (Wildman–Crippen MR) is 91.9 cm³/mol. The molecule has 0 radical (unpaired) electrons. The first kappa shape index (κ1) is 17.3. The van der Waals surface area contributed by atoms with Gasteiger partial charge in [0.05, 0.1) is 0 Å². The van der Waals surface area contributed by atoms with Crippen molar-refractivity contribution in [3.8, 4) is 5.75 Å². The number of rotatable bonds is 6. The lowest BCUT2D eigenvalue weighted by Gasteiger charge is -2.08. The highest BCUT2D eigenvalue weighted by Crippen LogP contribution is 2.18. The molecule has 6 heteroatoms. The summed E-state index contributed by atoms with van der Waals surface area (Å²) in [5.41, 5.74) is 0.541. The molecule has 2 aromatic rings. The molecule has 1 aromatic heterocycles. The van der Waals surface area contributed by atoms with Gasteiger partial charge in [0.15, 0.2) is 0 Å². The molecule has 2 rings (SSSR count). The van der Waals surface area contributed by atoms with Crippen LogP contribution in [0.5, 0.6) is 5.75 Å². The third-order valence-corrected chi connectivity index (χ3v) is 2.99. The van der Waals surface area contributed by atoms with Crippen LogP contribution in [0.4, 0.5) is 10.5 Å². The van der Waals surface area contributed by atoms with Crippen molar-refractivity contribution in [1.82, 2.24) is 5.32 Å². The van der Waals surface area contributed by atoms with E-state index >= 15 is 0 Å². The monoisotopic (exact) mass is 328 g/mol. The fourth-order valence-electron chi connectivity index (χ4n) is 1.89. The molecule has 0 spiro atoms. The molecule has 0 saturated heterocycles. The van der Waals surface area contributed by atoms with Crippen molar-refractivity contribution in [3.63, 3.8) is 0 Å². The minimum atomic E-state index is -0.531. The van der Waals surface area contributed by atoms with Gasteiger partial charge in [-0.1, -0.05) is 13.0 Å². The number of aryl methyl sites for hydroxylation is 1. The van der Waals surface area contributed by atoms with E-state index in [9.17, 15) is 9.59 Å². The van der Waals surface area contributed by atoms with Gasteiger partial charge in [0, 0.05) is 24.4 Å². The second-order valence-corrected chi connectivity index (χ2v) is 5.11. The van der Waals surface area contributed by atoms with Crippen LogP contribution < -0.4 is 15.4 Å². The van der Waals surface area contributed by atoms with Crippen molar-refractivity contribution < 1.29 is 18.7 Å². The zero-order valence-electron chi connectivity index (χ0n) is 13.7. The van der Waals surface area contributed by atoms with Gasteiger partial charge in [-0.2, -0.15) is 0 Å². The lowest BCUT2D eigenvalue weighted by atomic mass is 10.3. The Morgan fingerprint density at radius 3 is 2.79 bits per heavy atom. The van der Waals surface area contributed by atoms with Gasteiger partial charge in [-0.05, 0) is 43.7 Å². The van der Waals surface area contributed by atoms with E-state index in [4.69, 9.17) is 9.15 Å². The first-order valence-corrected chi connectivity index (χ1v) is 7.68. The summed E-state index contributed by atoms with van der Waals surface area (Å²) in [7, 11) is 0. The molecule has 24 heavy (non-hydrogen) atoms. The van der Waals surface area contributed by atoms with Crippen LogP contribution in [0.2, 0.25) is 0 Å².